The molecule has 2 heterocycles. The summed E-state index contributed by atoms with van der Waals surface area (Å²) in [6.45, 7) is 1.42. The maximum atomic E-state index is 5.69. The van der Waals surface area contributed by atoms with Gasteiger partial charge in [0, 0.05) is 37.1 Å². The van der Waals surface area contributed by atoms with E-state index in [1.807, 2.05) is 24.1 Å². The second-order valence-electron chi connectivity index (χ2n) is 4.56. The van der Waals surface area contributed by atoms with Gasteiger partial charge in [-0.15, -0.1) is 0 Å². The first-order valence-corrected chi connectivity index (χ1v) is 6.01. The van der Waals surface area contributed by atoms with Crippen LogP contribution in [0, 0.1) is 0 Å². The molecule has 0 amide bonds. The molecule has 4 nitrogen and oxygen atoms in total. The molecule has 92 valence electrons. The maximum absolute atomic E-state index is 5.69. The highest BCUT2D eigenvalue weighted by Crippen LogP contribution is 2.18. The molecule has 3 rings (SSSR count). The van der Waals surface area contributed by atoms with Gasteiger partial charge in [-0.2, -0.15) is 5.10 Å². The van der Waals surface area contributed by atoms with Crippen LogP contribution in [-0.4, -0.2) is 14.3 Å². The lowest BCUT2D eigenvalue weighted by Crippen LogP contribution is -1.99. The highest BCUT2D eigenvalue weighted by molar-refractivity contribution is 5.80. The number of aromatic nitrogens is 3. The number of hydrogen-bond donors (Lipinski definition) is 1. The third kappa shape index (κ3) is 1.91. The molecule has 3 aromatic rings. The first-order valence-electron chi connectivity index (χ1n) is 6.01. The molecule has 2 aromatic heterocycles. The number of hydrogen-bond acceptors (Lipinski definition) is 2. The Morgan fingerprint density at radius 1 is 1.22 bits per heavy atom. The second kappa shape index (κ2) is 4.31. The maximum Gasteiger partial charge on any atom is 0.0539 e. The summed E-state index contributed by atoms with van der Waals surface area (Å²) in [5, 5.41) is 5.44. The minimum Gasteiger partial charge on any atom is -0.343 e. The smallest absolute Gasteiger partial charge is 0.0539 e. The molecule has 2 N–H and O–H groups in total. The minimum atomic E-state index is 0.577. The van der Waals surface area contributed by atoms with Crippen molar-refractivity contribution in [2.24, 2.45) is 12.8 Å². The Hall–Kier alpha value is -2.07. The fraction of sp³-hybridized carbons (Fsp3) is 0.214. The largest absolute Gasteiger partial charge is 0.343 e. The van der Waals surface area contributed by atoms with Crippen LogP contribution in [0.2, 0.25) is 0 Å². The fourth-order valence-electron chi connectivity index (χ4n) is 2.24. The summed E-state index contributed by atoms with van der Waals surface area (Å²) >= 11 is 0. The molecule has 0 unspecified atom stereocenters. The molecule has 0 saturated heterocycles. The first-order chi connectivity index (χ1) is 8.76. The van der Waals surface area contributed by atoms with Gasteiger partial charge in [-0.05, 0) is 23.1 Å². The predicted molar refractivity (Wildman–Crippen MR) is 72.1 cm³/mol. The van der Waals surface area contributed by atoms with Gasteiger partial charge in [0.25, 0.3) is 0 Å². The van der Waals surface area contributed by atoms with E-state index in [0.29, 0.717) is 6.54 Å². The van der Waals surface area contributed by atoms with Gasteiger partial charge in [0.15, 0.2) is 0 Å². The van der Waals surface area contributed by atoms with Gasteiger partial charge in [0.2, 0.25) is 0 Å². The van der Waals surface area contributed by atoms with Crippen LogP contribution in [0.5, 0.6) is 0 Å². The van der Waals surface area contributed by atoms with Crippen LogP contribution in [0.1, 0.15) is 11.1 Å². The van der Waals surface area contributed by atoms with Crippen LogP contribution in [0.3, 0.4) is 0 Å². The fourth-order valence-corrected chi connectivity index (χ4v) is 2.24. The molecule has 4 heteroatoms. The van der Waals surface area contributed by atoms with Gasteiger partial charge in [0.05, 0.1) is 12.7 Å². The second-order valence-corrected chi connectivity index (χ2v) is 4.56. The summed E-state index contributed by atoms with van der Waals surface area (Å²) in [6.07, 6.45) is 6.05. The Morgan fingerprint density at radius 2 is 2.11 bits per heavy atom. The number of rotatable bonds is 3. The van der Waals surface area contributed by atoms with Gasteiger partial charge in [-0.3, -0.25) is 4.68 Å². The van der Waals surface area contributed by atoms with Crippen molar-refractivity contribution in [2.45, 2.75) is 13.1 Å². The number of nitrogens with zero attached hydrogens (tertiary/aromatic N) is 3. The lowest BCUT2D eigenvalue weighted by molar-refractivity contribution is 0.764. The topological polar surface area (TPSA) is 48.8 Å². The van der Waals surface area contributed by atoms with Crippen LogP contribution in [0.15, 0.2) is 42.9 Å². The zero-order valence-corrected chi connectivity index (χ0v) is 10.4. The lowest BCUT2D eigenvalue weighted by Gasteiger charge is -2.04. The first kappa shape index (κ1) is 11.0. The quantitative estimate of drug-likeness (QED) is 0.760. The monoisotopic (exact) mass is 240 g/mol. The Kier molecular flexibility index (Phi) is 2.64. The van der Waals surface area contributed by atoms with Crippen LogP contribution in [0.4, 0.5) is 0 Å². The van der Waals surface area contributed by atoms with E-state index in [1.54, 1.807) is 0 Å². The molecule has 0 bridgehead atoms. The van der Waals surface area contributed by atoms with Crippen LogP contribution >= 0.6 is 0 Å². The van der Waals surface area contributed by atoms with E-state index in [0.717, 1.165) is 12.1 Å². The standard InChI is InChI=1S/C14H16N4/c1-17-9-12(8-16-17)10-18-5-4-13-3-2-11(7-15)6-14(13)18/h2-6,8-9H,7,10,15H2,1H3. The van der Waals surface area contributed by atoms with Crippen molar-refractivity contribution in [1.82, 2.24) is 14.3 Å². The van der Waals surface area contributed by atoms with E-state index < -0.39 is 0 Å². The van der Waals surface area contributed by atoms with Crippen molar-refractivity contribution in [3.05, 3.63) is 54.0 Å². The Labute approximate surface area is 106 Å². The van der Waals surface area contributed by atoms with Gasteiger partial charge in [0.1, 0.15) is 0 Å². The van der Waals surface area contributed by atoms with E-state index in [9.17, 15) is 0 Å². The summed E-state index contributed by atoms with van der Waals surface area (Å²) in [4.78, 5) is 0. The van der Waals surface area contributed by atoms with Crippen molar-refractivity contribution < 1.29 is 0 Å². The Bertz CT molecular complexity index is 678. The van der Waals surface area contributed by atoms with Crippen molar-refractivity contribution >= 4 is 10.9 Å². The average Bonchev–Trinajstić information content (AvgIpc) is 2.96. The summed E-state index contributed by atoms with van der Waals surface area (Å²) in [7, 11) is 1.93. The van der Waals surface area contributed by atoms with Gasteiger partial charge in [-0.25, -0.2) is 0 Å². The molecule has 18 heavy (non-hydrogen) atoms. The molecule has 0 atom stereocenters. The predicted octanol–water partition coefficient (Wildman–Crippen LogP) is 1.88. The summed E-state index contributed by atoms with van der Waals surface area (Å²) in [5.41, 5.74) is 9.28. The molecule has 0 radical (unpaired) electrons. The van der Waals surface area contributed by atoms with Crippen molar-refractivity contribution in [2.75, 3.05) is 0 Å². The Balaban J connectivity index is 2.01. The number of nitrogens with two attached hydrogens (primary N) is 1. The highest BCUT2D eigenvalue weighted by Gasteiger charge is 2.04. The number of fused-ring (bicyclic) bond motifs is 1. The normalized spacial score (nSPS) is 11.2. The molecular weight excluding hydrogens is 224 g/mol. The molecular formula is C14H16N4. The third-order valence-electron chi connectivity index (χ3n) is 3.19. The van der Waals surface area contributed by atoms with E-state index in [4.69, 9.17) is 5.73 Å². The molecule has 1 aromatic carbocycles. The number of aryl methyl sites for hydroxylation is 1. The van der Waals surface area contributed by atoms with E-state index in [-0.39, 0.29) is 0 Å². The van der Waals surface area contributed by atoms with Crippen LogP contribution in [-0.2, 0) is 20.1 Å². The number of benzene rings is 1. The molecule has 0 spiro atoms. The molecule has 0 aliphatic rings. The minimum absolute atomic E-state index is 0.577. The highest BCUT2D eigenvalue weighted by atomic mass is 15.2. The van der Waals surface area contributed by atoms with Crippen molar-refractivity contribution in [1.29, 1.82) is 0 Å². The average molecular weight is 240 g/mol. The summed E-state index contributed by atoms with van der Waals surface area (Å²) in [5.74, 6) is 0. The SMILES string of the molecule is Cn1cc(Cn2ccc3ccc(CN)cc32)cn1. The molecule has 0 fully saturated rings. The van der Waals surface area contributed by atoms with E-state index in [2.05, 4.69) is 40.1 Å². The van der Waals surface area contributed by atoms with Crippen LogP contribution < -0.4 is 5.73 Å². The van der Waals surface area contributed by atoms with Gasteiger partial charge >= 0.3 is 0 Å². The molecule has 0 aliphatic heterocycles. The van der Waals surface area contributed by atoms with Crippen molar-refractivity contribution in [3.63, 3.8) is 0 Å². The van der Waals surface area contributed by atoms with E-state index >= 15 is 0 Å². The van der Waals surface area contributed by atoms with Crippen LogP contribution in [0.25, 0.3) is 10.9 Å². The third-order valence-corrected chi connectivity index (χ3v) is 3.19. The van der Waals surface area contributed by atoms with Gasteiger partial charge in [-0.1, -0.05) is 12.1 Å². The zero-order chi connectivity index (χ0) is 12.5. The van der Waals surface area contributed by atoms with E-state index in [1.165, 1.54) is 16.5 Å². The van der Waals surface area contributed by atoms with Crippen molar-refractivity contribution in [3.8, 4) is 0 Å². The zero-order valence-electron chi connectivity index (χ0n) is 10.4. The summed E-state index contributed by atoms with van der Waals surface area (Å²) in [6, 6.07) is 8.49. The molecule has 0 saturated carbocycles. The van der Waals surface area contributed by atoms with Gasteiger partial charge < -0.3 is 10.3 Å². The summed E-state index contributed by atoms with van der Waals surface area (Å²) < 4.78 is 4.05. The lowest BCUT2D eigenvalue weighted by atomic mass is 10.1. The Morgan fingerprint density at radius 3 is 2.83 bits per heavy atom. The molecule has 0 aliphatic carbocycles.